The van der Waals surface area contributed by atoms with E-state index >= 15 is 0 Å². The molecule has 2 rings (SSSR count). The molecule has 0 atom stereocenters. The van der Waals surface area contributed by atoms with Crippen LogP contribution in [0.2, 0.25) is 0 Å². The van der Waals surface area contributed by atoms with Crippen LogP contribution < -0.4 is 51.4 Å². The first-order valence-electron chi connectivity index (χ1n) is 3.31. The molecule has 0 amide bonds. The van der Waals surface area contributed by atoms with E-state index in [4.69, 9.17) is 5.11 Å². The van der Waals surface area contributed by atoms with Crippen molar-refractivity contribution in [1.82, 2.24) is 15.4 Å². The minimum atomic E-state index is -0.958. The van der Waals surface area contributed by atoms with Crippen LogP contribution in [0.3, 0.4) is 0 Å². The standard InChI is InChI=1S/C7H5N3O2.Ag.K.H/c11-7(12)4-1-2-5-6(3-4)9-10-8-5;;;/h1-3H,(H,11,12)(H,8,9,10);;;/q;;+1;-1. The Morgan fingerprint density at radius 1 is 1.36 bits per heavy atom. The molecule has 0 aliphatic carbocycles. The van der Waals surface area contributed by atoms with Gasteiger partial charge >= 0.3 is 57.4 Å². The van der Waals surface area contributed by atoms with Crippen LogP contribution in [0.1, 0.15) is 11.8 Å². The summed E-state index contributed by atoms with van der Waals surface area (Å²) in [7, 11) is 0. The molecule has 5 nitrogen and oxygen atoms in total. The number of aromatic carboxylic acids is 1. The molecule has 0 aliphatic rings. The van der Waals surface area contributed by atoms with E-state index < -0.39 is 5.97 Å². The molecular weight excluding hydrogens is 305 g/mol. The molecule has 0 saturated carbocycles. The summed E-state index contributed by atoms with van der Waals surface area (Å²) in [6, 6.07) is 4.58. The van der Waals surface area contributed by atoms with E-state index in [9.17, 15) is 4.79 Å². The number of aromatic nitrogens is 3. The SMILES string of the molecule is O=C(O)c1ccc2n[nH]nc2c1.[Ag].[H-].[K+]. The Morgan fingerprint density at radius 2 is 2.00 bits per heavy atom. The third-order valence-corrected chi connectivity index (χ3v) is 1.56. The maximum atomic E-state index is 10.5. The van der Waals surface area contributed by atoms with Crippen LogP contribution in [-0.4, -0.2) is 26.5 Å². The van der Waals surface area contributed by atoms with Gasteiger partial charge in [-0.1, -0.05) is 0 Å². The van der Waals surface area contributed by atoms with Crippen LogP contribution >= 0.6 is 0 Å². The molecule has 0 bridgehead atoms. The molecule has 1 aromatic heterocycles. The zero-order valence-electron chi connectivity index (χ0n) is 8.28. The first kappa shape index (κ1) is 14.5. The number of hydrogen-bond donors (Lipinski definition) is 2. The van der Waals surface area contributed by atoms with Crippen LogP contribution in [-0.2, 0) is 22.4 Å². The van der Waals surface area contributed by atoms with Gasteiger partial charge in [-0.25, -0.2) is 4.79 Å². The monoisotopic (exact) mass is 310 g/mol. The molecule has 0 aliphatic heterocycles. The second-order valence-electron chi connectivity index (χ2n) is 2.33. The maximum Gasteiger partial charge on any atom is 1.00 e. The number of aromatic amines is 1. The first-order valence-corrected chi connectivity index (χ1v) is 3.31. The van der Waals surface area contributed by atoms with Gasteiger partial charge in [0.1, 0.15) is 11.0 Å². The van der Waals surface area contributed by atoms with Gasteiger partial charge in [0.15, 0.2) is 0 Å². The molecule has 0 spiro atoms. The number of carboxylic acids is 1. The quantitative estimate of drug-likeness (QED) is 0.584. The van der Waals surface area contributed by atoms with Crippen molar-refractivity contribution in [2.75, 3.05) is 0 Å². The third kappa shape index (κ3) is 2.98. The molecule has 2 N–H and O–H groups in total. The van der Waals surface area contributed by atoms with Crippen molar-refractivity contribution in [2.45, 2.75) is 0 Å². The van der Waals surface area contributed by atoms with Gasteiger partial charge in [-0.2, -0.15) is 15.4 Å². The van der Waals surface area contributed by atoms with E-state index in [1.807, 2.05) is 0 Å². The van der Waals surface area contributed by atoms with Gasteiger partial charge < -0.3 is 6.53 Å². The van der Waals surface area contributed by atoms with E-state index in [0.29, 0.717) is 11.0 Å². The molecule has 1 radical (unpaired) electrons. The van der Waals surface area contributed by atoms with E-state index in [1.54, 1.807) is 6.07 Å². The van der Waals surface area contributed by atoms with E-state index in [2.05, 4.69) is 15.4 Å². The topological polar surface area (TPSA) is 78.9 Å². The van der Waals surface area contributed by atoms with Gasteiger partial charge in [0.25, 0.3) is 0 Å². The average Bonchev–Trinajstić information content (AvgIpc) is 2.49. The molecule has 14 heavy (non-hydrogen) atoms. The molecule has 0 unspecified atom stereocenters. The number of carbonyl (C=O) groups is 1. The summed E-state index contributed by atoms with van der Waals surface area (Å²) in [5, 5.41) is 18.6. The van der Waals surface area contributed by atoms with Crippen molar-refractivity contribution in [3.63, 3.8) is 0 Å². The normalized spacial score (nSPS) is 8.86. The number of nitrogens with one attached hydrogen (secondary N) is 1. The number of fused-ring (bicyclic) bond motifs is 1. The van der Waals surface area contributed by atoms with Crippen molar-refractivity contribution < 1.29 is 85.1 Å². The Kier molecular flexibility index (Phi) is 6.34. The Balaban J connectivity index is 0. The van der Waals surface area contributed by atoms with Crippen molar-refractivity contribution in [3.05, 3.63) is 23.8 Å². The predicted octanol–water partition coefficient (Wildman–Crippen LogP) is -2.23. The molecule has 0 fully saturated rings. The van der Waals surface area contributed by atoms with Gasteiger partial charge in [-0.15, -0.1) is 0 Å². The van der Waals surface area contributed by atoms with Crippen LogP contribution in [0, 0.1) is 0 Å². The van der Waals surface area contributed by atoms with Gasteiger partial charge in [-0.3, -0.25) is 0 Å². The Hall–Kier alpha value is 0.467. The number of nitrogens with zero attached hydrogens (tertiary/aromatic N) is 2. The van der Waals surface area contributed by atoms with Gasteiger partial charge in [-0.05, 0) is 18.2 Å². The van der Waals surface area contributed by atoms with Crippen molar-refractivity contribution in [1.29, 1.82) is 0 Å². The number of rotatable bonds is 1. The van der Waals surface area contributed by atoms with Crippen molar-refractivity contribution in [3.8, 4) is 0 Å². The fraction of sp³-hybridized carbons (Fsp3) is 0. The van der Waals surface area contributed by atoms with Crippen molar-refractivity contribution in [2.24, 2.45) is 0 Å². The Labute approximate surface area is 139 Å². The van der Waals surface area contributed by atoms with Crippen LogP contribution in [0.4, 0.5) is 0 Å². The zero-order chi connectivity index (χ0) is 8.55. The van der Waals surface area contributed by atoms with Gasteiger partial charge in [0.2, 0.25) is 0 Å². The summed E-state index contributed by atoms with van der Waals surface area (Å²) in [5.74, 6) is -0.958. The molecular formula is C7H6AgKN3O2. The fourth-order valence-corrected chi connectivity index (χ4v) is 0.973. The van der Waals surface area contributed by atoms with Gasteiger partial charge in [0, 0.05) is 22.4 Å². The third-order valence-electron chi connectivity index (χ3n) is 1.56. The molecule has 7 heteroatoms. The molecule has 1 heterocycles. The molecule has 1 aromatic carbocycles. The summed E-state index contributed by atoms with van der Waals surface area (Å²) in [6.45, 7) is 0. The second-order valence-corrected chi connectivity index (χ2v) is 2.33. The number of carboxylic acid groups (broad SMARTS) is 1. The average molecular weight is 311 g/mol. The van der Waals surface area contributed by atoms with Gasteiger partial charge in [0.05, 0.1) is 5.56 Å². The van der Waals surface area contributed by atoms with Crippen LogP contribution in [0.5, 0.6) is 0 Å². The minimum absolute atomic E-state index is 0. The minimum Gasteiger partial charge on any atom is -1.00 e. The second kappa shape index (κ2) is 6.14. The summed E-state index contributed by atoms with van der Waals surface area (Å²) >= 11 is 0. The fourth-order valence-electron chi connectivity index (χ4n) is 0.973. The van der Waals surface area contributed by atoms with E-state index in [1.165, 1.54) is 12.1 Å². The summed E-state index contributed by atoms with van der Waals surface area (Å²) in [5.41, 5.74) is 1.45. The summed E-state index contributed by atoms with van der Waals surface area (Å²) in [4.78, 5) is 10.5. The first-order chi connectivity index (χ1) is 5.77. The molecule has 0 saturated heterocycles. The van der Waals surface area contributed by atoms with E-state index in [-0.39, 0.29) is 80.8 Å². The smallest absolute Gasteiger partial charge is 1.00 e. The number of hydrogen-bond acceptors (Lipinski definition) is 3. The molecule has 2 aromatic rings. The largest absolute Gasteiger partial charge is 1.00 e. The Morgan fingerprint density at radius 3 is 2.64 bits per heavy atom. The summed E-state index contributed by atoms with van der Waals surface area (Å²) in [6.07, 6.45) is 0. The number of H-pyrrole nitrogens is 1. The van der Waals surface area contributed by atoms with Crippen LogP contribution in [0.25, 0.3) is 11.0 Å². The van der Waals surface area contributed by atoms with Crippen molar-refractivity contribution >= 4 is 17.0 Å². The Bertz CT molecular complexity index is 450. The van der Waals surface area contributed by atoms with E-state index in [0.717, 1.165) is 0 Å². The summed E-state index contributed by atoms with van der Waals surface area (Å²) < 4.78 is 0. The maximum absolute atomic E-state index is 10.5. The molecule has 73 valence electrons. The number of benzene rings is 1. The zero-order valence-corrected chi connectivity index (χ0v) is 11.9. The van der Waals surface area contributed by atoms with Crippen LogP contribution in [0.15, 0.2) is 18.2 Å². The predicted molar refractivity (Wildman–Crippen MR) is 42.0 cm³/mol.